The number of hydrazone groups is 1. The van der Waals surface area contributed by atoms with Crippen LogP contribution in [0.3, 0.4) is 0 Å². The molecule has 136 valence electrons. The summed E-state index contributed by atoms with van der Waals surface area (Å²) < 4.78 is 36.6. The van der Waals surface area contributed by atoms with E-state index in [1.807, 2.05) is 0 Å². The van der Waals surface area contributed by atoms with Crippen LogP contribution in [0.4, 0.5) is 18.9 Å². The summed E-state index contributed by atoms with van der Waals surface area (Å²) in [5, 5.41) is 6.18. The van der Waals surface area contributed by atoms with Crippen molar-refractivity contribution >= 4 is 34.8 Å². The average molecular weight is 384 g/mol. The summed E-state index contributed by atoms with van der Waals surface area (Å²) in [6, 6.07) is 11.8. The maximum Gasteiger partial charge on any atom is 0.471 e. The fourth-order valence-electron chi connectivity index (χ4n) is 1.86. The lowest BCUT2D eigenvalue weighted by Crippen LogP contribution is -2.29. The summed E-state index contributed by atoms with van der Waals surface area (Å²) in [5.74, 6) is -2.49. The van der Waals surface area contributed by atoms with Crippen LogP contribution in [-0.4, -0.2) is 23.7 Å². The first kappa shape index (κ1) is 19.5. The normalized spacial score (nSPS) is 11.8. The van der Waals surface area contributed by atoms with Crippen molar-refractivity contribution in [2.45, 2.75) is 13.1 Å². The van der Waals surface area contributed by atoms with Gasteiger partial charge in [0.2, 0.25) is 0 Å². The van der Waals surface area contributed by atoms with Crippen LogP contribution in [0.2, 0.25) is 5.02 Å². The van der Waals surface area contributed by atoms with Crippen molar-refractivity contribution in [3.05, 3.63) is 64.7 Å². The Labute approximate surface area is 151 Å². The molecule has 0 aliphatic rings. The Hall–Kier alpha value is -2.87. The standard InChI is InChI=1S/C17H13ClF3N3O2/c1-10(23-24-15(25)12-2-6-13(18)7-3-12)11-4-8-14(9-5-11)22-16(26)17(19,20)21/h2-9H,1H3,(H,22,26)(H,24,25)/b23-10-. The number of benzene rings is 2. The molecule has 0 fully saturated rings. The minimum absolute atomic E-state index is 0.00549. The van der Waals surface area contributed by atoms with E-state index < -0.39 is 18.0 Å². The molecule has 0 atom stereocenters. The fourth-order valence-corrected chi connectivity index (χ4v) is 1.99. The number of amides is 2. The Balaban J connectivity index is 2.01. The van der Waals surface area contributed by atoms with Gasteiger partial charge in [-0.1, -0.05) is 23.7 Å². The van der Waals surface area contributed by atoms with Crippen molar-refractivity contribution in [3.8, 4) is 0 Å². The van der Waals surface area contributed by atoms with Crippen LogP contribution in [0, 0.1) is 0 Å². The van der Waals surface area contributed by atoms with Crippen LogP contribution >= 0.6 is 11.6 Å². The first-order chi connectivity index (χ1) is 12.2. The molecule has 2 aromatic carbocycles. The monoisotopic (exact) mass is 383 g/mol. The van der Waals surface area contributed by atoms with Crippen molar-refractivity contribution in [2.24, 2.45) is 5.10 Å². The summed E-state index contributed by atoms with van der Waals surface area (Å²) in [6.45, 7) is 1.62. The van der Waals surface area contributed by atoms with Gasteiger partial charge in [0.15, 0.2) is 0 Å². The lowest BCUT2D eigenvalue weighted by molar-refractivity contribution is -0.167. The van der Waals surface area contributed by atoms with Gasteiger partial charge < -0.3 is 5.32 Å². The van der Waals surface area contributed by atoms with E-state index in [2.05, 4.69) is 10.5 Å². The second-order valence-electron chi connectivity index (χ2n) is 5.17. The van der Waals surface area contributed by atoms with Crippen LogP contribution in [0.5, 0.6) is 0 Å². The van der Waals surface area contributed by atoms with E-state index in [4.69, 9.17) is 11.6 Å². The predicted molar refractivity (Wildman–Crippen MR) is 92.3 cm³/mol. The molecule has 2 aromatic rings. The van der Waals surface area contributed by atoms with Crippen LogP contribution < -0.4 is 10.7 Å². The van der Waals surface area contributed by atoms with E-state index in [0.29, 0.717) is 21.9 Å². The van der Waals surface area contributed by atoms with Gasteiger partial charge in [0.25, 0.3) is 5.91 Å². The van der Waals surface area contributed by atoms with Crippen molar-refractivity contribution in [1.82, 2.24) is 5.43 Å². The predicted octanol–water partition coefficient (Wildman–Crippen LogP) is 3.99. The number of hydrogen-bond acceptors (Lipinski definition) is 3. The summed E-state index contributed by atoms with van der Waals surface area (Å²) in [5.41, 5.74) is 3.73. The smallest absolute Gasteiger partial charge is 0.318 e. The Bertz CT molecular complexity index is 832. The zero-order valence-corrected chi connectivity index (χ0v) is 14.2. The fraction of sp³-hybridized carbons (Fsp3) is 0.118. The maximum atomic E-state index is 12.2. The van der Waals surface area contributed by atoms with Crippen molar-refractivity contribution < 1.29 is 22.8 Å². The molecule has 0 bridgehead atoms. The number of alkyl halides is 3. The third-order valence-corrected chi connectivity index (χ3v) is 3.50. The lowest BCUT2D eigenvalue weighted by Gasteiger charge is -2.08. The SMILES string of the molecule is C/C(=N/NC(=O)c1ccc(Cl)cc1)c1ccc(NC(=O)C(F)(F)F)cc1. The molecule has 2 N–H and O–H groups in total. The van der Waals surface area contributed by atoms with Crippen LogP contribution in [0.1, 0.15) is 22.8 Å². The van der Waals surface area contributed by atoms with E-state index in [1.165, 1.54) is 24.3 Å². The molecule has 0 aromatic heterocycles. The van der Waals surface area contributed by atoms with E-state index in [1.54, 1.807) is 36.5 Å². The molecular formula is C17H13ClF3N3O2. The molecule has 2 rings (SSSR count). The molecule has 0 saturated carbocycles. The number of carbonyl (C=O) groups excluding carboxylic acids is 2. The highest BCUT2D eigenvalue weighted by Crippen LogP contribution is 2.18. The Morgan fingerprint density at radius 3 is 2.04 bits per heavy atom. The largest absolute Gasteiger partial charge is 0.471 e. The molecule has 5 nitrogen and oxygen atoms in total. The van der Waals surface area contributed by atoms with E-state index in [9.17, 15) is 22.8 Å². The number of anilines is 1. The third-order valence-electron chi connectivity index (χ3n) is 3.25. The Morgan fingerprint density at radius 2 is 1.50 bits per heavy atom. The maximum absolute atomic E-state index is 12.2. The highest BCUT2D eigenvalue weighted by Gasteiger charge is 2.38. The first-order valence-corrected chi connectivity index (χ1v) is 7.63. The number of halogens is 4. The van der Waals surface area contributed by atoms with Gasteiger partial charge in [-0.25, -0.2) is 5.43 Å². The molecule has 0 saturated heterocycles. The highest BCUT2D eigenvalue weighted by molar-refractivity contribution is 6.30. The van der Waals surface area contributed by atoms with Gasteiger partial charge in [-0.3, -0.25) is 9.59 Å². The third kappa shape index (κ3) is 5.32. The molecular weight excluding hydrogens is 371 g/mol. The van der Waals surface area contributed by atoms with Gasteiger partial charge >= 0.3 is 12.1 Å². The molecule has 0 heterocycles. The highest BCUT2D eigenvalue weighted by atomic mass is 35.5. The number of nitrogens with one attached hydrogen (secondary N) is 2. The van der Waals surface area contributed by atoms with E-state index in [0.717, 1.165) is 0 Å². The van der Waals surface area contributed by atoms with Crippen LogP contribution in [-0.2, 0) is 4.79 Å². The first-order valence-electron chi connectivity index (χ1n) is 7.25. The zero-order valence-electron chi connectivity index (χ0n) is 13.4. The van der Waals surface area contributed by atoms with Crippen LogP contribution in [0.15, 0.2) is 53.6 Å². The second kappa shape index (κ2) is 8.01. The number of hydrogen-bond donors (Lipinski definition) is 2. The Morgan fingerprint density at radius 1 is 0.962 bits per heavy atom. The topological polar surface area (TPSA) is 70.6 Å². The molecule has 0 aliphatic carbocycles. The van der Waals surface area contributed by atoms with Gasteiger partial charge in [0.05, 0.1) is 5.71 Å². The van der Waals surface area contributed by atoms with E-state index >= 15 is 0 Å². The molecule has 0 spiro atoms. The summed E-state index contributed by atoms with van der Waals surface area (Å²) in [7, 11) is 0. The average Bonchev–Trinajstić information content (AvgIpc) is 2.59. The summed E-state index contributed by atoms with van der Waals surface area (Å²) in [4.78, 5) is 22.8. The van der Waals surface area contributed by atoms with Crippen molar-refractivity contribution in [3.63, 3.8) is 0 Å². The van der Waals surface area contributed by atoms with Gasteiger partial charge in [-0.15, -0.1) is 0 Å². The molecule has 0 aliphatic heterocycles. The Kier molecular flexibility index (Phi) is 5.99. The zero-order chi connectivity index (χ0) is 19.3. The van der Waals surface area contributed by atoms with Crippen molar-refractivity contribution in [2.75, 3.05) is 5.32 Å². The van der Waals surface area contributed by atoms with Gasteiger partial charge in [-0.05, 0) is 48.9 Å². The van der Waals surface area contributed by atoms with Gasteiger partial charge in [0, 0.05) is 16.3 Å². The number of nitrogens with zero attached hydrogens (tertiary/aromatic N) is 1. The van der Waals surface area contributed by atoms with Crippen molar-refractivity contribution in [1.29, 1.82) is 0 Å². The van der Waals surface area contributed by atoms with Gasteiger partial charge in [-0.2, -0.15) is 18.3 Å². The summed E-state index contributed by atoms with van der Waals surface area (Å²) in [6.07, 6.45) is -4.96. The molecule has 0 radical (unpaired) electrons. The van der Waals surface area contributed by atoms with Gasteiger partial charge in [0.1, 0.15) is 0 Å². The second-order valence-corrected chi connectivity index (χ2v) is 5.61. The molecule has 26 heavy (non-hydrogen) atoms. The lowest BCUT2D eigenvalue weighted by atomic mass is 10.1. The minimum Gasteiger partial charge on any atom is -0.318 e. The number of rotatable bonds is 4. The molecule has 9 heteroatoms. The molecule has 2 amide bonds. The molecule has 0 unspecified atom stereocenters. The number of carbonyl (C=O) groups is 2. The quantitative estimate of drug-likeness (QED) is 0.619. The van der Waals surface area contributed by atoms with E-state index in [-0.39, 0.29) is 5.69 Å². The summed E-state index contributed by atoms with van der Waals surface area (Å²) >= 11 is 5.75. The van der Waals surface area contributed by atoms with Crippen LogP contribution in [0.25, 0.3) is 0 Å². The minimum atomic E-state index is -4.96.